The lowest BCUT2D eigenvalue weighted by atomic mass is 10.1. The third-order valence-corrected chi connectivity index (χ3v) is 2.71. The van der Waals surface area contributed by atoms with Crippen LogP contribution in [0.5, 0.6) is 0 Å². The molecule has 2 rings (SSSR count). The average Bonchev–Trinajstić information content (AvgIpc) is 2.53. The lowest BCUT2D eigenvalue weighted by molar-refractivity contribution is 0.312. The number of hydrazine groups is 1. The molecular formula is C9H11IN2O. The summed E-state index contributed by atoms with van der Waals surface area (Å²) in [6.07, 6.45) is 3.10. The van der Waals surface area contributed by atoms with Crippen LogP contribution < -0.4 is 5.84 Å². The van der Waals surface area contributed by atoms with Crippen LogP contribution in [0.1, 0.15) is 12.2 Å². The van der Waals surface area contributed by atoms with Gasteiger partial charge in [-0.2, -0.15) is 0 Å². The quantitative estimate of drug-likeness (QED) is 0.634. The Morgan fingerprint density at radius 3 is 2.85 bits per heavy atom. The Morgan fingerprint density at radius 1 is 1.46 bits per heavy atom. The third kappa shape index (κ3) is 2.12. The minimum Gasteiger partial charge on any atom is -0.451 e. The minimum atomic E-state index is 0.812. The molecule has 0 aliphatic carbocycles. The Balaban J connectivity index is 2.18. The molecule has 1 aromatic heterocycles. The van der Waals surface area contributed by atoms with Gasteiger partial charge in [-0.25, -0.2) is 5.01 Å². The van der Waals surface area contributed by atoms with Crippen molar-refractivity contribution < 1.29 is 4.42 Å². The maximum Gasteiger partial charge on any atom is 0.164 e. The van der Waals surface area contributed by atoms with Crippen molar-refractivity contribution in [2.75, 3.05) is 13.1 Å². The summed E-state index contributed by atoms with van der Waals surface area (Å²) in [6, 6.07) is 3.99. The zero-order valence-corrected chi connectivity index (χ0v) is 9.32. The van der Waals surface area contributed by atoms with Gasteiger partial charge in [0, 0.05) is 13.1 Å². The summed E-state index contributed by atoms with van der Waals surface area (Å²) < 4.78 is 6.45. The number of nitrogens with two attached hydrogens (primary N) is 1. The second-order valence-electron chi connectivity index (χ2n) is 3.08. The van der Waals surface area contributed by atoms with Crippen molar-refractivity contribution in [3.05, 3.63) is 27.7 Å². The van der Waals surface area contributed by atoms with Crippen LogP contribution >= 0.6 is 22.6 Å². The number of hydrogen-bond donors (Lipinski definition) is 1. The molecule has 2 heterocycles. The fourth-order valence-corrected chi connectivity index (χ4v) is 1.81. The van der Waals surface area contributed by atoms with Crippen molar-refractivity contribution in [1.29, 1.82) is 0 Å². The SMILES string of the molecule is NN1CC=C(c2ccc(I)o2)CC1. The molecule has 0 saturated carbocycles. The predicted molar refractivity (Wildman–Crippen MR) is 59.8 cm³/mol. The topological polar surface area (TPSA) is 42.4 Å². The highest BCUT2D eigenvalue weighted by Crippen LogP contribution is 2.23. The van der Waals surface area contributed by atoms with E-state index in [4.69, 9.17) is 10.3 Å². The van der Waals surface area contributed by atoms with Gasteiger partial charge in [0.25, 0.3) is 0 Å². The maximum atomic E-state index is 5.64. The first-order chi connectivity index (χ1) is 6.25. The molecule has 0 atom stereocenters. The molecule has 1 aliphatic heterocycles. The fourth-order valence-electron chi connectivity index (χ4n) is 1.40. The molecule has 70 valence electrons. The first kappa shape index (κ1) is 9.23. The van der Waals surface area contributed by atoms with Crippen LogP contribution in [-0.2, 0) is 0 Å². The number of rotatable bonds is 1. The molecule has 13 heavy (non-hydrogen) atoms. The van der Waals surface area contributed by atoms with E-state index in [-0.39, 0.29) is 0 Å². The Labute approximate surface area is 90.7 Å². The predicted octanol–water partition coefficient (Wildman–Crippen LogP) is 1.85. The van der Waals surface area contributed by atoms with Gasteiger partial charge >= 0.3 is 0 Å². The Hall–Kier alpha value is -0.330. The molecule has 0 unspecified atom stereocenters. The molecule has 0 bridgehead atoms. The second-order valence-corrected chi connectivity index (χ2v) is 4.14. The van der Waals surface area contributed by atoms with E-state index in [9.17, 15) is 0 Å². The Kier molecular flexibility index (Phi) is 2.71. The second kappa shape index (κ2) is 3.81. The highest BCUT2D eigenvalue weighted by Gasteiger charge is 2.12. The van der Waals surface area contributed by atoms with Crippen LogP contribution in [0.4, 0.5) is 0 Å². The van der Waals surface area contributed by atoms with Crippen molar-refractivity contribution >= 4 is 28.2 Å². The lowest BCUT2D eigenvalue weighted by Gasteiger charge is -2.20. The van der Waals surface area contributed by atoms with Gasteiger partial charge in [0.05, 0.1) is 0 Å². The van der Waals surface area contributed by atoms with E-state index < -0.39 is 0 Å². The summed E-state index contributed by atoms with van der Waals surface area (Å²) in [6.45, 7) is 1.72. The van der Waals surface area contributed by atoms with Crippen molar-refractivity contribution in [1.82, 2.24) is 5.01 Å². The standard InChI is InChI=1S/C9H11IN2O/c10-9-2-1-8(13-9)7-3-5-12(11)6-4-7/h1-3H,4-6,11H2. The number of nitrogens with zero attached hydrogens (tertiary/aromatic N) is 1. The molecule has 0 amide bonds. The highest BCUT2D eigenvalue weighted by molar-refractivity contribution is 14.1. The zero-order chi connectivity index (χ0) is 9.26. The highest BCUT2D eigenvalue weighted by atomic mass is 127. The van der Waals surface area contributed by atoms with Gasteiger partial charge < -0.3 is 4.42 Å². The van der Waals surface area contributed by atoms with Gasteiger partial charge in [-0.15, -0.1) is 0 Å². The van der Waals surface area contributed by atoms with E-state index >= 15 is 0 Å². The van der Waals surface area contributed by atoms with Crippen molar-refractivity contribution in [2.24, 2.45) is 5.84 Å². The minimum absolute atomic E-state index is 0.812. The molecule has 4 heteroatoms. The van der Waals surface area contributed by atoms with Crippen LogP contribution in [-0.4, -0.2) is 18.1 Å². The van der Waals surface area contributed by atoms with Gasteiger partial charge in [-0.1, -0.05) is 6.08 Å². The number of hydrogen-bond acceptors (Lipinski definition) is 3. The van der Waals surface area contributed by atoms with Crippen LogP contribution in [0, 0.1) is 3.77 Å². The van der Waals surface area contributed by atoms with E-state index in [1.54, 1.807) is 5.01 Å². The fraction of sp³-hybridized carbons (Fsp3) is 0.333. The molecule has 0 spiro atoms. The normalized spacial score (nSPS) is 18.8. The van der Waals surface area contributed by atoms with E-state index in [0.717, 1.165) is 29.0 Å². The van der Waals surface area contributed by atoms with Crippen LogP contribution in [0.3, 0.4) is 0 Å². The van der Waals surface area contributed by atoms with E-state index in [2.05, 4.69) is 28.7 Å². The van der Waals surface area contributed by atoms with Crippen molar-refractivity contribution in [3.8, 4) is 0 Å². The van der Waals surface area contributed by atoms with Gasteiger partial charge in [-0.05, 0) is 46.7 Å². The maximum absolute atomic E-state index is 5.64. The molecule has 2 N–H and O–H groups in total. The molecule has 1 aromatic rings. The molecule has 0 radical (unpaired) electrons. The molecule has 3 nitrogen and oxygen atoms in total. The third-order valence-electron chi connectivity index (χ3n) is 2.13. The number of furan rings is 1. The van der Waals surface area contributed by atoms with E-state index in [1.807, 2.05) is 12.1 Å². The summed E-state index contributed by atoms with van der Waals surface area (Å²) in [5.41, 5.74) is 1.27. The van der Waals surface area contributed by atoms with Crippen LogP contribution in [0.2, 0.25) is 0 Å². The summed E-state index contributed by atoms with van der Waals surface area (Å²) in [5, 5.41) is 1.80. The average molecular weight is 290 g/mol. The molecular weight excluding hydrogens is 279 g/mol. The van der Waals surface area contributed by atoms with E-state index in [0.29, 0.717) is 0 Å². The van der Waals surface area contributed by atoms with Gasteiger partial charge in [0.15, 0.2) is 3.77 Å². The molecule has 0 fully saturated rings. The van der Waals surface area contributed by atoms with Gasteiger partial charge in [-0.3, -0.25) is 5.84 Å². The monoisotopic (exact) mass is 290 g/mol. The van der Waals surface area contributed by atoms with Crippen LogP contribution in [0.25, 0.3) is 5.57 Å². The first-order valence-corrected chi connectivity index (χ1v) is 5.28. The smallest absolute Gasteiger partial charge is 0.164 e. The summed E-state index contributed by atoms with van der Waals surface area (Å²) in [4.78, 5) is 0. The first-order valence-electron chi connectivity index (χ1n) is 4.20. The van der Waals surface area contributed by atoms with E-state index in [1.165, 1.54) is 5.57 Å². The lowest BCUT2D eigenvalue weighted by Crippen LogP contribution is -2.34. The Bertz CT molecular complexity index is 332. The van der Waals surface area contributed by atoms with Crippen molar-refractivity contribution in [3.63, 3.8) is 0 Å². The summed E-state index contributed by atoms with van der Waals surface area (Å²) in [7, 11) is 0. The molecule has 0 saturated heterocycles. The Morgan fingerprint density at radius 2 is 2.31 bits per heavy atom. The molecule has 0 aromatic carbocycles. The van der Waals surface area contributed by atoms with Crippen LogP contribution in [0.15, 0.2) is 22.6 Å². The zero-order valence-electron chi connectivity index (χ0n) is 7.16. The summed E-state index contributed by atoms with van der Waals surface area (Å²) in [5.74, 6) is 6.62. The number of halogens is 1. The van der Waals surface area contributed by atoms with Gasteiger partial charge in [0.1, 0.15) is 5.76 Å². The molecule has 1 aliphatic rings. The van der Waals surface area contributed by atoms with Crippen molar-refractivity contribution in [2.45, 2.75) is 6.42 Å². The van der Waals surface area contributed by atoms with Gasteiger partial charge in [0.2, 0.25) is 0 Å². The summed E-state index contributed by atoms with van der Waals surface area (Å²) >= 11 is 2.17. The largest absolute Gasteiger partial charge is 0.451 e.